The van der Waals surface area contributed by atoms with Crippen molar-refractivity contribution >= 4 is 11.9 Å². The van der Waals surface area contributed by atoms with E-state index in [2.05, 4.69) is 44.6 Å². The zero-order chi connectivity index (χ0) is 19.1. The first-order valence-electron chi connectivity index (χ1n) is 9.95. The summed E-state index contributed by atoms with van der Waals surface area (Å²) in [5, 5.41) is 3.37. The Morgan fingerprint density at radius 1 is 1.32 bits per heavy atom. The Balaban J connectivity index is 1.30. The number of nitrogens with zero attached hydrogens (tertiary/aromatic N) is 4. The molecule has 0 saturated carbocycles. The average Bonchev–Trinajstić information content (AvgIpc) is 3.26. The van der Waals surface area contributed by atoms with Gasteiger partial charge >= 0.3 is 6.09 Å². The number of ether oxygens (including phenoxy) is 1. The van der Waals surface area contributed by atoms with Crippen LogP contribution >= 0.6 is 0 Å². The number of allylic oxidation sites excluding steroid dienone is 4. The number of hydrogen-bond donors (Lipinski definition) is 1. The number of aromatic nitrogens is 2. The van der Waals surface area contributed by atoms with Crippen molar-refractivity contribution in [3.63, 3.8) is 0 Å². The van der Waals surface area contributed by atoms with Gasteiger partial charge in [-0.2, -0.15) is 0 Å². The topological polar surface area (TPSA) is 70.6 Å². The number of rotatable bonds is 3. The van der Waals surface area contributed by atoms with Gasteiger partial charge in [-0.05, 0) is 37.8 Å². The molecule has 146 valence electrons. The molecule has 2 saturated heterocycles. The lowest BCUT2D eigenvalue weighted by Gasteiger charge is -2.43. The minimum absolute atomic E-state index is 0.187. The molecule has 0 bridgehead atoms. The Labute approximate surface area is 164 Å². The van der Waals surface area contributed by atoms with Gasteiger partial charge in [0.1, 0.15) is 12.4 Å². The van der Waals surface area contributed by atoms with Crippen LogP contribution in [-0.4, -0.2) is 52.7 Å². The SMILES string of the molecule is Cc1cncc(N2CCC3(CC2)COC(=O)N3CC2=CNC3=CC=CCC23)n1. The summed E-state index contributed by atoms with van der Waals surface area (Å²) in [6, 6.07) is 0. The first-order chi connectivity index (χ1) is 13.6. The Morgan fingerprint density at radius 2 is 2.18 bits per heavy atom. The second-order valence-corrected chi connectivity index (χ2v) is 8.07. The van der Waals surface area contributed by atoms with Crippen LogP contribution in [0.25, 0.3) is 0 Å². The fourth-order valence-electron chi connectivity index (χ4n) is 4.69. The van der Waals surface area contributed by atoms with E-state index >= 15 is 0 Å². The fourth-order valence-corrected chi connectivity index (χ4v) is 4.69. The van der Waals surface area contributed by atoms with Crippen molar-refractivity contribution < 1.29 is 9.53 Å². The Morgan fingerprint density at radius 3 is 3.00 bits per heavy atom. The van der Waals surface area contributed by atoms with E-state index in [1.165, 1.54) is 11.3 Å². The Kier molecular flexibility index (Phi) is 4.10. The van der Waals surface area contributed by atoms with Crippen LogP contribution in [0, 0.1) is 12.8 Å². The third-order valence-electron chi connectivity index (χ3n) is 6.39. The molecule has 1 N–H and O–H groups in total. The van der Waals surface area contributed by atoms with Crippen LogP contribution in [0.5, 0.6) is 0 Å². The van der Waals surface area contributed by atoms with E-state index in [1.54, 1.807) is 6.20 Å². The first kappa shape index (κ1) is 17.3. The number of amides is 1. The van der Waals surface area contributed by atoms with Crippen molar-refractivity contribution in [2.24, 2.45) is 5.92 Å². The van der Waals surface area contributed by atoms with Crippen LogP contribution in [0.4, 0.5) is 10.6 Å². The number of anilines is 1. The highest BCUT2D eigenvalue weighted by molar-refractivity contribution is 5.72. The Bertz CT molecular complexity index is 883. The van der Waals surface area contributed by atoms with E-state index in [0.29, 0.717) is 19.1 Å². The van der Waals surface area contributed by atoms with E-state index in [0.717, 1.165) is 43.9 Å². The first-order valence-corrected chi connectivity index (χ1v) is 9.95. The molecule has 0 aromatic carbocycles. The monoisotopic (exact) mass is 379 g/mol. The highest BCUT2D eigenvalue weighted by atomic mass is 16.6. The minimum atomic E-state index is -0.220. The third kappa shape index (κ3) is 2.85. The molecule has 1 spiro atoms. The van der Waals surface area contributed by atoms with Crippen molar-refractivity contribution in [1.29, 1.82) is 0 Å². The highest BCUT2D eigenvalue weighted by Crippen LogP contribution is 2.39. The van der Waals surface area contributed by atoms with Gasteiger partial charge in [-0.15, -0.1) is 0 Å². The van der Waals surface area contributed by atoms with E-state index < -0.39 is 0 Å². The number of fused-ring (bicyclic) bond motifs is 1. The number of carbonyl (C=O) groups excluding carboxylic acids is 1. The van der Waals surface area contributed by atoms with Crippen molar-refractivity contribution in [2.75, 3.05) is 31.1 Å². The van der Waals surface area contributed by atoms with Crippen molar-refractivity contribution in [3.05, 3.63) is 53.8 Å². The summed E-state index contributed by atoms with van der Waals surface area (Å²) < 4.78 is 5.53. The molecule has 3 aliphatic heterocycles. The number of carbonyl (C=O) groups is 1. The second kappa shape index (κ2) is 6.65. The zero-order valence-electron chi connectivity index (χ0n) is 16.1. The van der Waals surface area contributed by atoms with E-state index in [9.17, 15) is 4.79 Å². The highest BCUT2D eigenvalue weighted by Gasteiger charge is 2.49. The summed E-state index contributed by atoms with van der Waals surface area (Å²) in [6.45, 7) is 4.76. The normalized spacial score (nSPS) is 25.3. The van der Waals surface area contributed by atoms with Gasteiger partial charge in [-0.25, -0.2) is 9.78 Å². The second-order valence-electron chi connectivity index (χ2n) is 8.07. The molecule has 7 heteroatoms. The molecule has 1 atom stereocenters. The summed E-state index contributed by atoms with van der Waals surface area (Å²) in [4.78, 5) is 25.7. The maximum atomic E-state index is 12.6. The molecule has 7 nitrogen and oxygen atoms in total. The van der Waals surface area contributed by atoms with Crippen LogP contribution in [0.15, 0.2) is 48.1 Å². The molecule has 4 aliphatic rings. The average molecular weight is 379 g/mol. The lowest BCUT2D eigenvalue weighted by molar-refractivity contribution is 0.138. The number of piperidine rings is 1. The summed E-state index contributed by atoms with van der Waals surface area (Å²) in [5.74, 6) is 1.27. The molecule has 1 aliphatic carbocycles. The lowest BCUT2D eigenvalue weighted by Crippen LogP contribution is -2.55. The van der Waals surface area contributed by atoms with Crippen LogP contribution in [-0.2, 0) is 4.74 Å². The number of hydrogen-bond acceptors (Lipinski definition) is 6. The molecule has 4 heterocycles. The van der Waals surface area contributed by atoms with Gasteiger partial charge in [0.05, 0.1) is 17.4 Å². The standard InChI is InChI=1S/C21H25N5O2/c1-15-10-22-12-19(24-15)25-8-6-21(7-9-25)14-28-20(27)26(21)13-16-11-23-18-5-3-2-4-17(16)18/h2-3,5,10-12,17,23H,4,6-9,13-14H2,1H3. The summed E-state index contributed by atoms with van der Waals surface area (Å²) in [6.07, 6.45) is 14.6. The van der Waals surface area contributed by atoms with Crippen molar-refractivity contribution in [2.45, 2.75) is 31.7 Å². The molecule has 1 amide bonds. The van der Waals surface area contributed by atoms with Crippen LogP contribution in [0.2, 0.25) is 0 Å². The quantitative estimate of drug-likeness (QED) is 0.870. The molecule has 28 heavy (non-hydrogen) atoms. The predicted molar refractivity (Wildman–Crippen MR) is 106 cm³/mol. The molecule has 1 aromatic heterocycles. The third-order valence-corrected chi connectivity index (χ3v) is 6.39. The van der Waals surface area contributed by atoms with Gasteiger partial charge in [0.2, 0.25) is 0 Å². The lowest BCUT2D eigenvalue weighted by atomic mass is 9.85. The molecule has 1 aromatic rings. The summed E-state index contributed by atoms with van der Waals surface area (Å²) in [7, 11) is 0. The van der Waals surface area contributed by atoms with Gasteiger partial charge < -0.3 is 15.0 Å². The summed E-state index contributed by atoms with van der Waals surface area (Å²) >= 11 is 0. The van der Waals surface area contributed by atoms with Gasteiger partial charge in [-0.1, -0.05) is 12.2 Å². The van der Waals surface area contributed by atoms with Gasteiger partial charge in [-0.3, -0.25) is 9.88 Å². The largest absolute Gasteiger partial charge is 0.447 e. The van der Waals surface area contributed by atoms with Gasteiger partial charge in [0.25, 0.3) is 0 Å². The molecule has 5 rings (SSSR count). The Hall–Kier alpha value is -2.83. The molecular weight excluding hydrogens is 354 g/mol. The molecule has 1 unspecified atom stereocenters. The molecule has 2 fully saturated rings. The fraction of sp³-hybridized carbons (Fsp3) is 0.476. The molecular formula is C21H25N5O2. The number of cyclic esters (lactones) is 1. The van der Waals surface area contributed by atoms with Gasteiger partial charge in [0.15, 0.2) is 0 Å². The van der Waals surface area contributed by atoms with Crippen LogP contribution in [0.1, 0.15) is 25.0 Å². The van der Waals surface area contributed by atoms with E-state index in [4.69, 9.17) is 4.74 Å². The number of nitrogens with one attached hydrogen (secondary N) is 1. The van der Waals surface area contributed by atoms with E-state index in [1.807, 2.05) is 18.0 Å². The maximum absolute atomic E-state index is 12.6. The van der Waals surface area contributed by atoms with Gasteiger partial charge in [0, 0.05) is 43.6 Å². The van der Waals surface area contributed by atoms with Crippen molar-refractivity contribution in [1.82, 2.24) is 20.2 Å². The predicted octanol–water partition coefficient (Wildman–Crippen LogP) is 2.52. The minimum Gasteiger partial charge on any atom is -0.447 e. The maximum Gasteiger partial charge on any atom is 0.410 e. The van der Waals surface area contributed by atoms with Crippen LogP contribution in [0.3, 0.4) is 0 Å². The van der Waals surface area contributed by atoms with E-state index in [-0.39, 0.29) is 11.6 Å². The number of aryl methyl sites for hydroxylation is 1. The van der Waals surface area contributed by atoms with Crippen molar-refractivity contribution in [3.8, 4) is 0 Å². The summed E-state index contributed by atoms with van der Waals surface area (Å²) in [5.41, 5.74) is 3.19. The molecule has 0 radical (unpaired) electrons. The smallest absolute Gasteiger partial charge is 0.410 e. The zero-order valence-corrected chi connectivity index (χ0v) is 16.1. The van der Waals surface area contributed by atoms with Crippen LogP contribution < -0.4 is 10.2 Å².